The fraction of sp³-hybridized carbons (Fsp3) is 0. The zero-order valence-corrected chi connectivity index (χ0v) is 7.14. The van der Waals surface area contributed by atoms with Crippen molar-refractivity contribution >= 4 is 17.5 Å². The van der Waals surface area contributed by atoms with Crippen LogP contribution in [0.3, 0.4) is 0 Å². The lowest BCUT2D eigenvalue weighted by molar-refractivity contribution is -0.870. The van der Waals surface area contributed by atoms with Gasteiger partial charge in [-0.3, -0.25) is 4.55 Å². The highest BCUT2D eigenvalue weighted by molar-refractivity contribution is 7.74. The van der Waals surface area contributed by atoms with Crippen LogP contribution >= 0.6 is 0 Å². The Balaban J connectivity index is 2.50. The lowest BCUT2D eigenvalue weighted by Gasteiger charge is -1.93. The van der Waals surface area contributed by atoms with Crippen molar-refractivity contribution in [1.82, 2.24) is 0 Å². The second-order valence-electron chi connectivity index (χ2n) is 1.88. The molecule has 1 rings (SSSR count). The molecule has 0 spiro atoms. The van der Waals surface area contributed by atoms with Crippen molar-refractivity contribution < 1.29 is 27.3 Å². The minimum atomic E-state index is -2.66. The predicted octanol–water partition coefficient (Wildman–Crippen LogP) is -0.324. The van der Waals surface area contributed by atoms with Crippen LogP contribution in [-0.2, 0) is 15.5 Å². The maximum Gasteiger partial charge on any atom is 0.587 e. The SMILES string of the molecule is O=C(O[n+]1ccccc1)OS(=O)O. The Bertz CT molecular complexity index is 314. The van der Waals surface area contributed by atoms with E-state index in [9.17, 15) is 9.00 Å². The van der Waals surface area contributed by atoms with Gasteiger partial charge in [0.05, 0.1) is 0 Å². The molecule has 0 saturated heterocycles. The standard InChI is InChI=1S/C6H5NO5S/c8-6(12-13(9)10)11-7-4-2-1-3-5-7/h1-5H/p+1. The van der Waals surface area contributed by atoms with E-state index < -0.39 is 17.5 Å². The third-order valence-corrected chi connectivity index (χ3v) is 1.29. The maximum absolute atomic E-state index is 10.6. The van der Waals surface area contributed by atoms with Crippen LogP contribution < -0.4 is 9.57 Å². The largest absolute Gasteiger partial charge is 0.587 e. The van der Waals surface area contributed by atoms with E-state index in [1.807, 2.05) is 0 Å². The molecule has 1 atom stereocenters. The Hall–Kier alpha value is -1.47. The van der Waals surface area contributed by atoms with Crippen molar-refractivity contribution in [1.29, 1.82) is 0 Å². The molecular weight excluding hydrogens is 198 g/mol. The first-order valence-electron chi connectivity index (χ1n) is 3.16. The summed E-state index contributed by atoms with van der Waals surface area (Å²) in [7, 11) is 0. The van der Waals surface area contributed by atoms with Gasteiger partial charge in [-0.25, -0.2) is 0 Å². The highest BCUT2D eigenvalue weighted by Gasteiger charge is 2.14. The van der Waals surface area contributed by atoms with Gasteiger partial charge in [0.25, 0.3) is 0 Å². The van der Waals surface area contributed by atoms with E-state index in [1.54, 1.807) is 18.2 Å². The number of carbonyl (C=O) groups is 1. The first-order valence-corrected chi connectivity index (χ1v) is 4.19. The number of rotatable bonds is 2. The Morgan fingerprint density at radius 1 is 1.31 bits per heavy atom. The van der Waals surface area contributed by atoms with Crippen LogP contribution in [0.5, 0.6) is 0 Å². The number of hydrogen-bond donors (Lipinski definition) is 1. The average molecular weight is 204 g/mol. The molecule has 0 aliphatic rings. The molecular formula is C6H6NO5S+. The molecule has 70 valence electrons. The second kappa shape index (κ2) is 4.53. The van der Waals surface area contributed by atoms with Gasteiger partial charge in [-0.15, -0.1) is 4.84 Å². The topological polar surface area (TPSA) is 76.7 Å². The number of hydrogen-bond acceptors (Lipinski definition) is 4. The summed E-state index contributed by atoms with van der Waals surface area (Å²) in [6.45, 7) is 0. The number of nitrogens with zero attached hydrogens (tertiary/aromatic N) is 1. The van der Waals surface area contributed by atoms with Crippen LogP contribution in [0.2, 0.25) is 0 Å². The zero-order valence-electron chi connectivity index (χ0n) is 6.32. The van der Waals surface area contributed by atoms with E-state index in [-0.39, 0.29) is 0 Å². The highest BCUT2D eigenvalue weighted by atomic mass is 32.2. The Morgan fingerprint density at radius 2 is 1.92 bits per heavy atom. The van der Waals surface area contributed by atoms with Crippen molar-refractivity contribution in [3.8, 4) is 0 Å². The Morgan fingerprint density at radius 3 is 2.46 bits per heavy atom. The molecule has 0 bridgehead atoms. The molecule has 1 heterocycles. The van der Waals surface area contributed by atoms with Gasteiger partial charge in [-0.2, -0.15) is 9.00 Å². The molecule has 0 saturated carbocycles. The summed E-state index contributed by atoms with van der Waals surface area (Å²) in [6, 6.07) is 4.95. The smallest absolute Gasteiger partial charge is 0.305 e. The molecule has 6 nitrogen and oxygen atoms in total. The quantitative estimate of drug-likeness (QED) is 0.527. The molecule has 0 aromatic carbocycles. The minimum Gasteiger partial charge on any atom is -0.305 e. The number of aromatic nitrogens is 1. The Labute approximate surface area is 76.2 Å². The van der Waals surface area contributed by atoms with Crippen LogP contribution in [-0.4, -0.2) is 14.9 Å². The van der Waals surface area contributed by atoms with Gasteiger partial charge in [0.15, 0.2) is 0 Å². The van der Waals surface area contributed by atoms with E-state index in [4.69, 9.17) is 4.55 Å². The molecule has 7 heteroatoms. The van der Waals surface area contributed by atoms with Crippen LogP contribution in [0.4, 0.5) is 4.79 Å². The van der Waals surface area contributed by atoms with Gasteiger partial charge in [0.2, 0.25) is 12.4 Å². The molecule has 0 radical (unpaired) electrons. The van der Waals surface area contributed by atoms with E-state index in [0.717, 1.165) is 4.73 Å². The van der Waals surface area contributed by atoms with Gasteiger partial charge >= 0.3 is 17.5 Å². The second-order valence-corrected chi connectivity index (χ2v) is 2.48. The van der Waals surface area contributed by atoms with Crippen molar-refractivity contribution in [2.75, 3.05) is 0 Å². The lowest BCUT2D eigenvalue weighted by atomic mass is 10.5. The van der Waals surface area contributed by atoms with Crippen molar-refractivity contribution in [2.45, 2.75) is 0 Å². The zero-order chi connectivity index (χ0) is 9.68. The third-order valence-electron chi connectivity index (χ3n) is 1.01. The first kappa shape index (κ1) is 9.62. The van der Waals surface area contributed by atoms with Gasteiger partial charge in [-0.05, 0) is 0 Å². The van der Waals surface area contributed by atoms with Crippen LogP contribution in [0.25, 0.3) is 0 Å². The van der Waals surface area contributed by atoms with E-state index in [0.29, 0.717) is 0 Å². The van der Waals surface area contributed by atoms with Crippen molar-refractivity contribution in [2.24, 2.45) is 0 Å². The molecule has 0 fully saturated rings. The van der Waals surface area contributed by atoms with E-state index in [1.165, 1.54) is 12.4 Å². The monoisotopic (exact) mass is 204 g/mol. The first-order chi connectivity index (χ1) is 6.18. The van der Waals surface area contributed by atoms with Crippen molar-refractivity contribution in [3.63, 3.8) is 0 Å². The minimum absolute atomic E-state index is 1.04. The van der Waals surface area contributed by atoms with Gasteiger partial charge in [0.1, 0.15) is 0 Å². The summed E-state index contributed by atoms with van der Waals surface area (Å²) >= 11 is -2.66. The van der Waals surface area contributed by atoms with Gasteiger partial charge in [-0.1, -0.05) is 6.07 Å². The van der Waals surface area contributed by atoms with E-state index in [2.05, 4.69) is 9.02 Å². The fourth-order valence-electron chi connectivity index (χ4n) is 0.603. The molecule has 13 heavy (non-hydrogen) atoms. The summed E-state index contributed by atoms with van der Waals surface area (Å²) in [5.41, 5.74) is 0. The number of carbonyl (C=O) groups excluding carboxylic acids is 1. The van der Waals surface area contributed by atoms with Gasteiger partial charge in [0, 0.05) is 16.9 Å². The molecule has 0 aliphatic carbocycles. The predicted molar refractivity (Wildman–Crippen MR) is 40.5 cm³/mol. The summed E-state index contributed by atoms with van der Waals surface area (Å²) in [6.07, 6.45) is 1.61. The molecule has 0 aliphatic heterocycles. The summed E-state index contributed by atoms with van der Waals surface area (Å²) < 4.78 is 23.0. The normalized spacial score (nSPS) is 11.8. The summed E-state index contributed by atoms with van der Waals surface area (Å²) in [5, 5.41) is 0. The van der Waals surface area contributed by atoms with Crippen LogP contribution in [0.1, 0.15) is 0 Å². The molecule has 1 aromatic heterocycles. The summed E-state index contributed by atoms with van der Waals surface area (Å²) in [5.74, 6) is 0. The Kier molecular flexibility index (Phi) is 3.35. The fourth-order valence-corrected chi connectivity index (χ4v) is 0.750. The third kappa shape index (κ3) is 3.63. The van der Waals surface area contributed by atoms with E-state index >= 15 is 0 Å². The number of pyridine rings is 1. The average Bonchev–Trinajstić information content (AvgIpc) is 2.04. The van der Waals surface area contributed by atoms with Crippen LogP contribution in [0, 0.1) is 0 Å². The lowest BCUT2D eigenvalue weighted by Crippen LogP contribution is -2.45. The van der Waals surface area contributed by atoms with Crippen LogP contribution in [0.15, 0.2) is 30.6 Å². The summed E-state index contributed by atoms with van der Waals surface area (Å²) in [4.78, 5) is 15.0. The maximum atomic E-state index is 10.6. The van der Waals surface area contributed by atoms with Crippen molar-refractivity contribution in [3.05, 3.63) is 30.6 Å². The molecule has 1 unspecified atom stereocenters. The molecule has 0 amide bonds. The van der Waals surface area contributed by atoms with Gasteiger partial charge < -0.3 is 4.18 Å². The highest BCUT2D eigenvalue weighted by Crippen LogP contribution is 1.81. The molecule has 1 aromatic rings. The molecule has 1 N–H and O–H groups in total.